The molecule has 8 heteroatoms. The number of nitrogens with one attached hydrogen (secondary N) is 1. The smallest absolute Gasteiger partial charge is 0.278 e. The zero-order chi connectivity index (χ0) is 18.7. The Kier molecular flexibility index (Phi) is 5.44. The fraction of sp³-hybridized carbons (Fsp3) is 0.111. The molecule has 0 spiro atoms. The van der Waals surface area contributed by atoms with Gasteiger partial charge in [-0.2, -0.15) is 0 Å². The van der Waals surface area contributed by atoms with Crippen molar-refractivity contribution in [3.63, 3.8) is 0 Å². The van der Waals surface area contributed by atoms with Gasteiger partial charge in [0.2, 0.25) is 0 Å². The first-order valence-corrected chi connectivity index (χ1v) is 8.29. The van der Waals surface area contributed by atoms with Gasteiger partial charge in [0.25, 0.3) is 5.91 Å². The van der Waals surface area contributed by atoms with Crippen molar-refractivity contribution in [3.8, 4) is 5.75 Å². The summed E-state index contributed by atoms with van der Waals surface area (Å²) in [5.74, 6) is -0.171. The van der Waals surface area contributed by atoms with E-state index in [0.717, 1.165) is 0 Å². The third kappa shape index (κ3) is 4.15. The summed E-state index contributed by atoms with van der Waals surface area (Å²) < 4.78 is 23.9. The van der Waals surface area contributed by atoms with Crippen LogP contribution in [0.1, 0.15) is 21.8 Å². The van der Waals surface area contributed by atoms with Crippen LogP contribution in [0.4, 0.5) is 10.1 Å². The van der Waals surface area contributed by atoms with Crippen LogP contribution in [0.3, 0.4) is 0 Å². The SMILES string of the molecule is Cc1onc(C(=O)Nc2ccc(Cl)cc2Cl)c1COc1cccc(F)c1. The highest BCUT2D eigenvalue weighted by Gasteiger charge is 2.21. The quantitative estimate of drug-likeness (QED) is 0.640. The van der Waals surface area contributed by atoms with E-state index in [2.05, 4.69) is 10.5 Å². The number of hydrogen-bond acceptors (Lipinski definition) is 4. The van der Waals surface area contributed by atoms with E-state index in [1.165, 1.54) is 24.3 Å². The molecule has 0 aliphatic rings. The number of carbonyl (C=O) groups excluding carboxylic acids is 1. The van der Waals surface area contributed by atoms with Crippen molar-refractivity contribution in [3.05, 3.63) is 75.3 Å². The summed E-state index contributed by atoms with van der Waals surface area (Å²) in [7, 11) is 0. The number of halogens is 3. The van der Waals surface area contributed by atoms with E-state index in [1.54, 1.807) is 25.1 Å². The average molecular weight is 395 g/mol. The van der Waals surface area contributed by atoms with E-state index in [9.17, 15) is 9.18 Å². The van der Waals surface area contributed by atoms with Gasteiger partial charge in [0.15, 0.2) is 5.69 Å². The highest BCUT2D eigenvalue weighted by molar-refractivity contribution is 6.36. The number of aryl methyl sites for hydroxylation is 1. The number of hydrogen-bond donors (Lipinski definition) is 1. The second kappa shape index (κ2) is 7.76. The molecule has 0 saturated heterocycles. The molecule has 0 bridgehead atoms. The van der Waals surface area contributed by atoms with E-state index in [4.69, 9.17) is 32.5 Å². The van der Waals surface area contributed by atoms with Crippen LogP contribution in [-0.4, -0.2) is 11.1 Å². The molecule has 3 aromatic rings. The zero-order valence-electron chi connectivity index (χ0n) is 13.6. The number of ether oxygens (including phenoxy) is 1. The van der Waals surface area contributed by atoms with Crippen molar-refractivity contribution >= 4 is 34.8 Å². The van der Waals surface area contributed by atoms with Gasteiger partial charge in [-0.3, -0.25) is 4.79 Å². The lowest BCUT2D eigenvalue weighted by Gasteiger charge is -2.08. The molecule has 0 aliphatic heterocycles. The summed E-state index contributed by atoms with van der Waals surface area (Å²) in [6.07, 6.45) is 0. The van der Waals surface area contributed by atoms with Gasteiger partial charge in [0, 0.05) is 11.1 Å². The van der Waals surface area contributed by atoms with Crippen molar-refractivity contribution in [2.24, 2.45) is 0 Å². The van der Waals surface area contributed by atoms with Crippen molar-refractivity contribution < 1.29 is 18.4 Å². The third-order valence-electron chi connectivity index (χ3n) is 3.56. The fourth-order valence-electron chi connectivity index (χ4n) is 2.22. The van der Waals surface area contributed by atoms with E-state index in [1.807, 2.05) is 0 Å². The standard InChI is InChI=1S/C18H13Cl2FN2O3/c1-10-14(9-25-13-4-2-3-12(21)8-13)17(23-26-10)18(24)22-16-6-5-11(19)7-15(16)20/h2-8H,9H2,1H3,(H,22,24). The minimum atomic E-state index is -0.510. The van der Waals surface area contributed by atoms with Gasteiger partial charge >= 0.3 is 0 Å². The van der Waals surface area contributed by atoms with Crippen molar-refractivity contribution in [2.45, 2.75) is 13.5 Å². The lowest BCUT2D eigenvalue weighted by molar-refractivity contribution is 0.101. The van der Waals surface area contributed by atoms with Crippen LogP contribution in [0.15, 0.2) is 47.0 Å². The van der Waals surface area contributed by atoms with Gasteiger partial charge in [0.1, 0.15) is 23.9 Å². The van der Waals surface area contributed by atoms with Crippen molar-refractivity contribution in [1.82, 2.24) is 5.16 Å². The molecule has 3 rings (SSSR count). The molecule has 0 atom stereocenters. The molecule has 26 heavy (non-hydrogen) atoms. The number of amides is 1. The van der Waals surface area contributed by atoms with Crippen LogP contribution in [0, 0.1) is 12.7 Å². The highest BCUT2D eigenvalue weighted by atomic mass is 35.5. The molecular formula is C18H13Cl2FN2O3. The lowest BCUT2D eigenvalue weighted by atomic mass is 10.2. The van der Waals surface area contributed by atoms with Gasteiger partial charge in [-0.25, -0.2) is 4.39 Å². The van der Waals surface area contributed by atoms with Crippen LogP contribution >= 0.6 is 23.2 Å². The number of aromatic nitrogens is 1. The minimum absolute atomic E-state index is 0.00408. The molecule has 1 amide bonds. The average Bonchev–Trinajstić information content (AvgIpc) is 2.96. The molecule has 2 aromatic carbocycles. The third-order valence-corrected chi connectivity index (χ3v) is 4.11. The normalized spacial score (nSPS) is 10.6. The molecular weight excluding hydrogens is 382 g/mol. The second-order valence-electron chi connectivity index (χ2n) is 5.39. The van der Waals surface area contributed by atoms with Crippen LogP contribution in [0.2, 0.25) is 10.0 Å². The first kappa shape index (κ1) is 18.2. The minimum Gasteiger partial charge on any atom is -0.489 e. The molecule has 0 aliphatic carbocycles. The second-order valence-corrected chi connectivity index (χ2v) is 6.23. The number of carbonyl (C=O) groups is 1. The number of anilines is 1. The zero-order valence-corrected chi connectivity index (χ0v) is 15.1. The van der Waals surface area contributed by atoms with Crippen LogP contribution < -0.4 is 10.1 Å². The molecule has 1 aromatic heterocycles. The summed E-state index contributed by atoms with van der Waals surface area (Å²) in [6, 6.07) is 10.4. The van der Waals surface area contributed by atoms with E-state index < -0.39 is 11.7 Å². The van der Waals surface area contributed by atoms with E-state index in [-0.39, 0.29) is 12.3 Å². The maximum Gasteiger partial charge on any atom is 0.278 e. The maximum absolute atomic E-state index is 13.2. The molecule has 1 heterocycles. The van der Waals surface area contributed by atoms with E-state index >= 15 is 0 Å². The Morgan fingerprint density at radius 3 is 2.81 bits per heavy atom. The molecule has 5 nitrogen and oxygen atoms in total. The topological polar surface area (TPSA) is 64.4 Å². The Bertz CT molecular complexity index is 959. The molecule has 0 unspecified atom stereocenters. The first-order valence-electron chi connectivity index (χ1n) is 7.54. The Labute approximate surface area is 158 Å². The summed E-state index contributed by atoms with van der Waals surface area (Å²) in [6.45, 7) is 1.65. The van der Waals surface area contributed by atoms with Gasteiger partial charge in [-0.05, 0) is 37.3 Å². The van der Waals surface area contributed by atoms with Crippen molar-refractivity contribution in [2.75, 3.05) is 5.32 Å². The fourth-order valence-corrected chi connectivity index (χ4v) is 2.68. The van der Waals surface area contributed by atoms with Gasteiger partial charge < -0.3 is 14.6 Å². The monoisotopic (exact) mass is 394 g/mol. The van der Waals surface area contributed by atoms with Crippen molar-refractivity contribution in [1.29, 1.82) is 0 Å². The lowest BCUT2D eigenvalue weighted by Crippen LogP contribution is -2.15. The number of rotatable bonds is 5. The van der Waals surface area contributed by atoms with Gasteiger partial charge in [0.05, 0.1) is 16.3 Å². The summed E-state index contributed by atoms with van der Waals surface area (Å²) >= 11 is 11.9. The van der Waals surface area contributed by atoms with Gasteiger partial charge in [-0.1, -0.05) is 34.4 Å². The molecule has 1 N–H and O–H groups in total. The summed E-state index contributed by atoms with van der Waals surface area (Å²) in [5, 5.41) is 7.17. The molecule has 0 radical (unpaired) electrons. The van der Waals surface area contributed by atoms with Gasteiger partial charge in [-0.15, -0.1) is 0 Å². The summed E-state index contributed by atoms with van der Waals surface area (Å²) in [5.41, 5.74) is 0.903. The number of nitrogens with zero attached hydrogens (tertiary/aromatic N) is 1. The Balaban J connectivity index is 1.77. The largest absolute Gasteiger partial charge is 0.489 e. The van der Waals surface area contributed by atoms with Crippen LogP contribution in [0.25, 0.3) is 0 Å². The highest BCUT2D eigenvalue weighted by Crippen LogP contribution is 2.26. The predicted octanol–water partition coefficient (Wildman–Crippen LogP) is 5.26. The molecule has 134 valence electrons. The molecule has 0 saturated carbocycles. The Morgan fingerprint density at radius 1 is 1.27 bits per heavy atom. The number of benzene rings is 2. The molecule has 0 fully saturated rings. The maximum atomic E-state index is 13.2. The predicted molar refractivity (Wildman–Crippen MR) is 96.4 cm³/mol. The Morgan fingerprint density at radius 2 is 2.08 bits per heavy atom. The first-order chi connectivity index (χ1) is 12.4. The van der Waals surface area contributed by atoms with Crippen LogP contribution in [0.5, 0.6) is 5.75 Å². The van der Waals surface area contributed by atoms with E-state index in [0.29, 0.717) is 32.8 Å². The Hall–Kier alpha value is -2.57. The van der Waals surface area contributed by atoms with Crippen LogP contribution in [-0.2, 0) is 6.61 Å². The summed E-state index contributed by atoms with van der Waals surface area (Å²) in [4.78, 5) is 12.5.